The molecule has 1 aromatic heterocycles. The van der Waals surface area contributed by atoms with Crippen LogP contribution in [0.5, 0.6) is 5.75 Å². The van der Waals surface area contributed by atoms with Crippen LogP contribution in [0.25, 0.3) is 17.0 Å². The zero-order valence-electron chi connectivity index (χ0n) is 13.3. The first-order valence-electron chi connectivity index (χ1n) is 7.42. The Balaban J connectivity index is 1.77. The molecule has 0 atom stereocenters. The molecule has 25 heavy (non-hydrogen) atoms. The van der Waals surface area contributed by atoms with Gasteiger partial charge in [0, 0.05) is 33.3 Å². The topological polar surface area (TPSA) is 68.5 Å². The Morgan fingerprint density at radius 1 is 1.16 bits per heavy atom. The summed E-state index contributed by atoms with van der Waals surface area (Å²) in [6, 6.07) is 13.6. The predicted molar refractivity (Wildman–Crippen MR) is 101 cm³/mol. The number of carbonyl (C=O) groups excluding carboxylic acids is 1. The predicted octanol–water partition coefficient (Wildman–Crippen LogP) is 4.22. The SMILES string of the molecule is COc1ccc(Br)cc1C=CC(=O)Nc1ccc2oc(=O)ccc2c1. The molecule has 0 unspecified atom stereocenters. The third-order valence-corrected chi connectivity index (χ3v) is 3.99. The minimum absolute atomic E-state index is 0.279. The lowest BCUT2D eigenvalue weighted by molar-refractivity contribution is -0.111. The van der Waals surface area contributed by atoms with E-state index in [2.05, 4.69) is 21.2 Å². The highest BCUT2D eigenvalue weighted by atomic mass is 79.9. The summed E-state index contributed by atoms with van der Waals surface area (Å²) in [4.78, 5) is 23.3. The summed E-state index contributed by atoms with van der Waals surface area (Å²) in [6.45, 7) is 0. The van der Waals surface area contributed by atoms with Gasteiger partial charge in [-0.3, -0.25) is 4.79 Å². The van der Waals surface area contributed by atoms with Gasteiger partial charge >= 0.3 is 5.63 Å². The van der Waals surface area contributed by atoms with E-state index < -0.39 is 5.63 Å². The van der Waals surface area contributed by atoms with Gasteiger partial charge in [-0.05, 0) is 48.5 Å². The van der Waals surface area contributed by atoms with Crippen molar-refractivity contribution >= 4 is 44.6 Å². The van der Waals surface area contributed by atoms with Gasteiger partial charge in [0.25, 0.3) is 0 Å². The lowest BCUT2D eigenvalue weighted by Gasteiger charge is -2.06. The molecule has 5 nitrogen and oxygen atoms in total. The first-order valence-corrected chi connectivity index (χ1v) is 8.21. The molecule has 0 aliphatic carbocycles. The number of rotatable bonds is 4. The molecule has 2 aromatic carbocycles. The molecule has 3 rings (SSSR count). The van der Waals surface area contributed by atoms with Gasteiger partial charge in [-0.1, -0.05) is 15.9 Å². The number of halogens is 1. The second-order valence-corrected chi connectivity index (χ2v) is 6.13. The van der Waals surface area contributed by atoms with E-state index >= 15 is 0 Å². The van der Waals surface area contributed by atoms with Gasteiger partial charge in [-0.15, -0.1) is 0 Å². The number of ether oxygens (including phenoxy) is 1. The summed E-state index contributed by atoms with van der Waals surface area (Å²) in [7, 11) is 1.58. The zero-order valence-corrected chi connectivity index (χ0v) is 14.9. The number of amides is 1. The normalized spacial score (nSPS) is 11.0. The van der Waals surface area contributed by atoms with Crippen LogP contribution in [0.4, 0.5) is 5.69 Å². The number of anilines is 1. The number of carbonyl (C=O) groups is 1. The standard InChI is InChI=1S/C19H14BrNO4/c1-24-16-6-4-14(20)10-12(16)2-8-18(22)21-15-5-7-17-13(11-15)3-9-19(23)25-17/h2-11H,1H3,(H,21,22). The van der Waals surface area contributed by atoms with E-state index in [9.17, 15) is 9.59 Å². The summed E-state index contributed by atoms with van der Waals surface area (Å²) in [5, 5.41) is 3.50. The Kier molecular flexibility index (Phi) is 5.00. The highest BCUT2D eigenvalue weighted by molar-refractivity contribution is 9.10. The van der Waals surface area contributed by atoms with E-state index in [4.69, 9.17) is 9.15 Å². The molecule has 0 radical (unpaired) electrons. The van der Waals surface area contributed by atoms with Gasteiger partial charge in [-0.2, -0.15) is 0 Å². The van der Waals surface area contributed by atoms with Crippen molar-refractivity contribution < 1.29 is 13.9 Å². The maximum atomic E-state index is 12.1. The van der Waals surface area contributed by atoms with Gasteiger partial charge in [0.05, 0.1) is 7.11 Å². The minimum Gasteiger partial charge on any atom is -0.496 e. The molecule has 0 fully saturated rings. The molecule has 0 aliphatic heterocycles. The fourth-order valence-corrected chi connectivity index (χ4v) is 2.71. The lowest BCUT2D eigenvalue weighted by Crippen LogP contribution is -2.07. The molecule has 0 aliphatic rings. The maximum absolute atomic E-state index is 12.1. The van der Waals surface area contributed by atoms with Crippen LogP contribution in [0.1, 0.15) is 5.56 Å². The Labute approximate surface area is 152 Å². The summed E-state index contributed by atoms with van der Waals surface area (Å²) in [6.07, 6.45) is 3.11. The van der Waals surface area contributed by atoms with Crippen LogP contribution in [0.15, 0.2) is 68.3 Å². The van der Waals surface area contributed by atoms with Gasteiger partial charge in [0.2, 0.25) is 5.91 Å². The molecule has 0 saturated carbocycles. The van der Waals surface area contributed by atoms with Crippen LogP contribution in [-0.2, 0) is 4.79 Å². The van der Waals surface area contributed by atoms with Gasteiger partial charge < -0.3 is 14.5 Å². The first-order chi connectivity index (χ1) is 12.0. The smallest absolute Gasteiger partial charge is 0.336 e. The van der Waals surface area contributed by atoms with E-state index in [0.717, 1.165) is 15.4 Å². The molecule has 3 aromatic rings. The van der Waals surface area contributed by atoms with Crippen LogP contribution in [-0.4, -0.2) is 13.0 Å². The van der Waals surface area contributed by atoms with Gasteiger partial charge in [0.15, 0.2) is 0 Å². The monoisotopic (exact) mass is 399 g/mol. The molecule has 0 bridgehead atoms. The summed E-state index contributed by atoms with van der Waals surface area (Å²) in [5.74, 6) is 0.395. The molecular formula is C19H14BrNO4. The average Bonchev–Trinajstić information content (AvgIpc) is 2.60. The second kappa shape index (κ2) is 7.36. The van der Waals surface area contributed by atoms with Crippen molar-refractivity contribution in [2.45, 2.75) is 0 Å². The second-order valence-electron chi connectivity index (χ2n) is 5.22. The van der Waals surface area contributed by atoms with Crippen LogP contribution >= 0.6 is 15.9 Å². The van der Waals surface area contributed by atoms with Crippen molar-refractivity contribution in [2.24, 2.45) is 0 Å². The van der Waals surface area contributed by atoms with Crippen molar-refractivity contribution in [1.29, 1.82) is 0 Å². The zero-order chi connectivity index (χ0) is 17.8. The molecule has 6 heteroatoms. The van der Waals surface area contributed by atoms with Crippen LogP contribution in [0.3, 0.4) is 0 Å². The van der Waals surface area contributed by atoms with E-state index in [0.29, 0.717) is 17.0 Å². The molecule has 0 spiro atoms. The van der Waals surface area contributed by atoms with Crippen molar-refractivity contribution in [3.63, 3.8) is 0 Å². The summed E-state index contributed by atoms with van der Waals surface area (Å²) >= 11 is 3.39. The lowest BCUT2D eigenvalue weighted by atomic mass is 10.2. The largest absolute Gasteiger partial charge is 0.496 e. The molecule has 1 heterocycles. The van der Waals surface area contributed by atoms with Crippen LogP contribution in [0.2, 0.25) is 0 Å². The van der Waals surface area contributed by atoms with Gasteiger partial charge in [0.1, 0.15) is 11.3 Å². The summed E-state index contributed by atoms with van der Waals surface area (Å²) < 4.78 is 11.2. The van der Waals surface area contributed by atoms with E-state index in [1.807, 2.05) is 18.2 Å². The number of fused-ring (bicyclic) bond motifs is 1. The Morgan fingerprint density at radius 2 is 2.00 bits per heavy atom. The van der Waals surface area contributed by atoms with Crippen molar-refractivity contribution in [3.8, 4) is 5.75 Å². The number of benzene rings is 2. The van der Waals surface area contributed by atoms with Crippen LogP contribution < -0.4 is 15.7 Å². The molecule has 126 valence electrons. The first kappa shape index (κ1) is 17.0. The third kappa shape index (κ3) is 4.16. The van der Waals surface area contributed by atoms with Gasteiger partial charge in [-0.25, -0.2) is 4.79 Å². The average molecular weight is 400 g/mol. The fourth-order valence-electron chi connectivity index (χ4n) is 2.33. The summed E-state index contributed by atoms with van der Waals surface area (Å²) in [5.41, 5.74) is 1.46. The van der Waals surface area contributed by atoms with Crippen molar-refractivity contribution in [1.82, 2.24) is 0 Å². The Morgan fingerprint density at radius 3 is 2.80 bits per heavy atom. The third-order valence-electron chi connectivity index (χ3n) is 3.49. The Hall–Kier alpha value is -2.86. The molecule has 0 saturated heterocycles. The molecule has 1 amide bonds. The van der Waals surface area contributed by atoms with Crippen LogP contribution in [0, 0.1) is 0 Å². The number of methoxy groups -OCH3 is 1. The minimum atomic E-state index is -0.407. The van der Waals surface area contributed by atoms with Crippen molar-refractivity contribution in [3.05, 3.63) is 75.1 Å². The van der Waals surface area contributed by atoms with E-state index in [1.54, 1.807) is 37.5 Å². The highest BCUT2D eigenvalue weighted by Gasteiger charge is 2.04. The molecular weight excluding hydrogens is 386 g/mol. The number of hydrogen-bond acceptors (Lipinski definition) is 4. The fraction of sp³-hybridized carbons (Fsp3) is 0.0526. The van der Waals surface area contributed by atoms with Crippen molar-refractivity contribution in [2.75, 3.05) is 12.4 Å². The maximum Gasteiger partial charge on any atom is 0.336 e. The Bertz CT molecular complexity index is 1020. The van der Waals surface area contributed by atoms with E-state index in [-0.39, 0.29) is 5.91 Å². The quantitative estimate of drug-likeness (QED) is 0.526. The number of hydrogen-bond donors (Lipinski definition) is 1. The van der Waals surface area contributed by atoms with E-state index in [1.165, 1.54) is 12.1 Å². The molecule has 1 N–H and O–H groups in total. The number of nitrogens with one attached hydrogen (secondary N) is 1. The highest BCUT2D eigenvalue weighted by Crippen LogP contribution is 2.24.